The molecule has 0 fully saturated rings. The van der Waals surface area contributed by atoms with E-state index in [1.165, 1.54) is 7.11 Å². The number of hydrogen-bond donors (Lipinski definition) is 0. The lowest BCUT2D eigenvalue weighted by Gasteiger charge is -2.22. The number of esters is 1. The Morgan fingerprint density at radius 1 is 1.55 bits per heavy atom. The van der Waals surface area contributed by atoms with Crippen LogP contribution in [0.5, 0.6) is 0 Å². The molecule has 7 heteroatoms. The van der Waals surface area contributed by atoms with Gasteiger partial charge in [-0.05, 0) is 25.3 Å². The number of thiophene rings is 1. The number of carbonyl (C=O) groups is 1. The molecular formula is C13H17N3O3S. The van der Waals surface area contributed by atoms with Crippen LogP contribution < -0.4 is 0 Å². The lowest BCUT2D eigenvalue weighted by molar-refractivity contribution is -0.142. The van der Waals surface area contributed by atoms with E-state index in [0.29, 0.717) is 18.3 Å². The molecule has 0 atom stereocenters. The van der Waals surface area contributed by atoms with Crippen LogP contribution in [-0.2, 0) is 16.1 Å². The molecule has 20 heavy (non-hydrogen) atoms. The average Bonchev–Trinajstić information content (AvgIpc) is 3.08. The zero-order chi connectivity index (χ0) is 14.5. The van der Waals surface area contributed by atoms with E-state index in [1.54, 1.807) is 11.3 Å². The molecule has 0 unspecified atom stereocenters. The van der Waals surface area contributed by atoms with Crippen LogP contribution in [0.3, 0.4) is 0 Å². The molecule has 0 aromatic carbocycles. The predicted octanol–water partition coefficient (Wildman–Crippen LogP) is 2.18. The van der Waals surface area contributed by atoms with Gasteiger partial charge in [0.05, 0.1) is 25.1 Å². The number of nitrogens with zero attached hydrogens (tertiary/aromatic N) is 3. The fourth-order valence-corrected chi connectivity index (χ4v) is 2.30. The number of ether oxygens (including phenoxy) is 1. The van der Waals surface area contributed by atoms with Crippen LogP contribution in [0.25, 0.3) is 10.7 Å². The van der Waals surface area contributed by atoms with Gasteiger partial charge in [-0.25, -0.2) is 0 Å². The minimum absolute atomic E-state index is 0.172. The minimum atomic E-state index is -0.281. The van der Waals surface area contributed by atoms with E-state index in [9.17, 15) is 4.79 Å². The quantitative estimate of drug-likeness (QED) is 0.761. The molecule has 0 radical (unpaired) electrons. The van der Waals surface area contributed by atoms with Gasteiger partial charge in [0.2, 0.25) is 11.7 Å². The number of methoxy groups -OCH3 is 1. The van der Waals surface area contributed by atoms with Crippen molar-refractivity contribution < 1.29 is 14.1 Å². The predicted molar refractivity (Wildman–Crippen MR) is 75.2 cm³/mol. The second-order valence-corrected chi connectivity index (χ2v) is 5.51. The van der Waals surface area contributed by atoms with Gasteiger partial charge >= 0.3 is 5.97 Å². The first-order chi connectivity index (χ1) is 9.60. The molecule has 6 nitrogen and oxygen atoms in total. The fraction of sp³-hybridized carbons (Fsp3) is 0.462. The van der Waals surface area contributed by atoms with E-state index in [-0.39, 0.29) is 18.6 Å². The van der Waals surface area contributed by atoms with Crippen molar-refractivity contribution in [2.45, 2.75) is 26.4 Å². The van der Waals surface area contributed by atoms with Gasteiger partial charge in [0, 0.05) is 6.04 Å². The van der Waals surface area contributed by atoms with E-state index < -0.39 is 0 Å². The molecule has 2 aromatic heterocycles. The Balaban J connectivity index is 2.05. The summed E-state index contributed by atoms with van der Waals surface area (Å²) in [5.41, 5.74) is 0. The van der Waals surface area contributed by atoms with Crippen LogP contribution in [0.4, 0.5) is 0 Å². The smallest absolute Gasteiger partial charge is 0.319 e. The van der Waals surface area contributed by atoms with Crippen molar-refractivity contribution in [2.24, 2.45) is 0 Å². The maximum absolute atomic E-state index is 11.4. The third kappa shape index (κ3) is 3.64. The third-order valence-electron chi connectivity index (χ3n) is 2.84. The molecule has 0 amide bonds. The molecule has 0 spiro atoms. The first-order valence-corrected chi connectivity index (χ1v) is 7.15. The monoisotopic (exact) mass is 295 g/mol. The summed E-state index contributed by atoms with van der Waals surface area (Å²) in [7, 11) is 1.38. The minimum Gasteiger partial charge on any atom is -0.468 e. The van der Waals surface area contributed by atoms with Gasteiger partial charge in [0.25, 0.3) is 0 Å². The highest BCUT2D eigenvalue weighted by atomic mass is 32.1. The van der Waals surface area contributed by atoms with Gasteiger partial charge in [-0.3, -0.25) is 9.69 Å². The van der Waals surface area contributed by atoms with Crippen LogP contribution in [-0.4, -0.2) is 40.7 Å². The molecule has 0 saturated carbocycles. The highest BCUT2D eigenvalue weighted by Crippen LogP contribution is 2.21. The third-order valence-corrected chi connectivity index (χ3v) is 3.70. The maximum atomic E-state index is 11.4. The summed E-state index contributed by atoms with van der Waals surface area (Å²) in [5.74, 6) is 0.791. The van der Waals surface area contributed by atoms with Crippen LogP contribution in [0.2, 0.25) is 0 Å². The van der Waals surface area contributed by atoms with Crippen molar-refractivity contribution >= 4 is 17.3 Å². The Morgan fingerprint density at radius 2 is 2.35 bits per heavy atom. The molecule has 108 valence electrons. The first kappa shape index (κ1) is 14.7. The molecule has 2 heterocycles. The molecular weight excluding hydrogens is 278 g/mol. The highest BCUT2D eigenvalue weighted by molar-refractivity contribution is 7.13. The SMILES string of the molecule is COC(=O)CN(Cc1nc(-c2cccs2)no1)C(C)C. The van der Waals surface area contributed by atoms with Gasteiger partial charge < -0.3 is 9.26 Å². The first-order valence-electron chi connectivity index (χ1n) is 6.27. The number of aromatic nitrogens is 2. The number of rotatable bonds is 6. The standard InChI is InChI=1S/C13H17N3O3S/c1-9(2)16(8-12(17)18-3)7-11-14-13(15-19-11)10-5-4-6-20-10/h4-6,9H,7-8H2,1-3H3. The summed E-state index contributed by atoms with van der Waals surface area (Å²) < 4.78 is 9.92. The van der Waals surface area contributed by atoms with Crippen molar-refractivity contribution in [1.82, 2.24) is 15.0 Å². The largest absolute Gasteiger partial charge is 0.468 e. The fourth-order valence-electron chi connectivity index (χ4n) is 1.65. The lowest BCUT2D eigenvalue weighted by Crippen LogP contribution is -2.35. The molecule has 0 N–H and O–H groups in total. The van der Waals surface area contributed by atoms with Crippen molar-refractivity contribution in [3.8, 4) is 10.7 Å². The normalized spacial score (nSPS) is 11.2. The van der Waals surface area contributed by atoms with Crippen molar-refractivity contribution in [1.29, 1.82) is 0 Å². The van der Waals surface area contributed by atoms with Gasteiger partial charge in [-0.2, -0.15) is 4.98 Å². The summed E-state index contributed by atoms with van der Waals surface area (Å²) in [6, 6.07) is 4.05. The van der Waals surface area contributed by atoms with Gasteiger partial charge in [0.1, 0.15) is 0 Å². The Hall–Kier alpha value is -1.73. The van der Waals surface area contributed by atoms with Gasteiger partial charge in [-0.15, -0.1) is 11.3 Å². The molecule has 0 aliphatic carbocycles. The molecule has 2 rings (SSSR count). The maximum Gasteiger partial charge on any atom is 0.319 e. The lowest BCUT2D eigenvalue weighted by atomic mass is 10.3. The van der Waals surface area contributed by atoms with Crippen LogP contribution in [0, 0.1) is 0 Å². The summed E-state index contributed by atoms with van der Waals surface area (Å²) in [4.78, 5) is 18.6. The summed E-state index contributed by atoms with van der Waals surface area (Å²) in [6.07, 6.45) is 0. The van der Waals surface area contributed by atoms with Crippen LogP contribution in [0.1, 0.15) is 19.7 Å². The van der Waals surface area contributed by atoms with Gasteiger partial charge in [0.15, 0.2) is 0 Å². The Morgan fingerprint density at radius 3 is 2.95 bits per heavy atom. The molecule has 0 aliphatic heterocycles. The summed E-state index contributed by atoms with van der Waals surface area (Å²) in [6.45, 7) is 4.62. The van der Waals surface area contributed by atoms with Crippen molar-refractivity contribution in [3.63, 3.8) is 0 Å². The van der Waals surface area contributed by atoms with Crippen molar-refractivity contribution in [3.05, 3.63) is 23.4 Å². The molecule has 0 bridgehead atoms. The molecule has 0 saturated heterocycles. The summed E-state index contributed by atoms with van der Waals surface area (Å²) >= 11 is 1.56. The van der Waals surface area contributed by atoms with E-state index >= 15 is 0 Å². The Bertz CT molecular complexity index is 551. The van der Waals surface area contributed by atoms with E-state index in [0.717, 1.165) is 4.88 Å². The highest BCUT2D eigenvalue weighted by Gasteiger charge is 2.18. The zero-order valence-electron chi connectivity index (χ0n) is 11.7. The van der Waals surface area contributed by atoms with Crippen LogP contribution >= 0.6 is 11.3 Å². The molecule has 0 aliphatic rings. The van der Waals surface area contributed by atoms with E-state index in [4.69, 9.17) is 4.52 Å². The number of carbonyl (C=O) groups excluding carboxylic acids is 1. The van der Waals surface area contributed by atoms with Crippen molar-refractivity contribution in [2.75, 3.05) is 13.7 Å². The molecule has 2 aromatic rings. The second-order valence-electron chi connectivity index (χ2n) is 4.56. The average molecular weight is 295 g/mol. The van der Waals surface area contributed by atoms with Crippen LogP contribution in [0.15, 0.2) is 22.0 Å². The van der Waals surface area contributed by atoms with E-state index in [2.05, 4.69) is 14.9 Å². The second kappa shape index (κ2) is 6.62. The van der Waals surface area contributed by atoms with E-state index in [1.807, 2.05) is 36.3 Å². The zero-order valence-corrected chi connectivity index (χ0v) is 12.5. The summed E-state index contributed by atoms with van der Waals surface area (Å²) in [5, 5.41) is 5.91. The Labute approximate surface area is 121 Å². The van der Waals surface area contributed by atoms with Gasteiger partial charge in [-0.1, -0.05) is 11.2 Å². The topological polar surface area (TPSA) is 68.5 Å². The Kier molecular flexibility index (Phi) is 4.86. The number of hydrogen-bond acceptors (Lipinski definition) is 7.